The molecule has 1 atom stereocenters. The Bertz CT molecular complexity index is 339. The summed E-state index contributed by atoms with van der Waals surface area (Å²) in [7, 11) is 4.03. The quantitative estimate of drug-likeness (QED) is 0.590. The number of aryl methyl sites for hydroxylation is 1. The SMILES string of the molecule is Cc1cc(C(CCN(C)C)NN)ccc1F. The molecule has 0 saturated carbocycles. The van der Waals surface area contributed by atoms with Gasteiger partial charge in [-0.3, -0.25) is 11.3 Å². The van der Waals surface area contributed by atoms with E-state index in [1.165, 1.54) is 6.07 Å². The highest BCUT2D eigenvalue weighted by Crippen LogP contribution is 2.19. The number of benzene rings is 1. The molecule has 0 radical (unpaired) electrons. The highest BCUT2D eigenvalue weighted by molar-refractivity contribution is 5.26. The third-order valence-electron chi connectivity index (χ3n) is 2.65. The maximum atomic E-state index is 13.1. The van der Waals surface area contributed by atoms with Crippen molar-refractivity contribution < 1.29 is 4.39 Å². The molecule has 4 heteroatoms. The van der Waals surface area contributed by atoms with Crippen molar-refractivity contribution in [2.45, 2.75) is 19.4 Å². The lowest BCUT2D eigenvalue weighted by Crippen LogP contribution is -2.30. The Balaban J connectivity index is 2.74. The number of hydrogen-bond donors (Lipinski definition) is 2. The lowest BCUT2D eigenvalue weighted by molar-refractivity contribution is 0.362. The molecule has 0 bridgehead atoms. The van der Waals surface area contributed by atoms with E-state index in [1.807, 2.05) is 20.2 Å². The fourth-order valence-corrected chi connectivity index (χ4v) is 1.62. The third kappa shape index (κ3) is 3.56. The van der Waals surface area contributed by atoms with E-state index in [0.29, 0.717) is 5.56 Å². The van der Waals surface area contributed by atoms with Crippen LogP contribution >= 0.6 is 0 Å². The molecule has 16 heavy (non-hydrogen) atoms. The summed E-state index contributed by atoms with van der Waals surface area (Å²) in [5.74, 6) is 5.34. The van der Waals surface area contributed by atoms with Gasteiger partial charge in [-0.1, -0.05) is 12.1 Å². The lowest BCUT2D eigenvalue weighted by atomic mass is 10.0. The second-order valence-corrected chi connectivity index (χ2v) is 4.32. The molecule has 0 amide bonds. The summed E-state index contributed by atoms with van der Waals surface area (Å²) in [6, 6.07) is 5.18. The van der Waals surface area contributed by atoms with Gasteiger partial charge in [-0.05, 0) is 51.2 Å². The molecule has 0 aliphatic carbocycles. The smallest absolute Gasteiger partial charge is 0.126 e. The minimum Gasteiger partial charge on any atom is -0.309 e. The molecule has 90 valence electrons. The van der Waals surface area contributed by atoms with Crippen molar-refractivity contribution in [1.82, 2.24) is 10.3 Å². The van der Waals surface area contributed by atoms with Crippen LogP contribution in [0.4, 0.5) is 4.39 Å². The number of nitrogens with two attached hydrogens (primary N) is 1. The Hall–Kier alpha value is -0.970. The number of halogens is 1. The summed E-state index contributed by atoms with van der Waals surface area (Å²) in [5, 5.41) is 0. The van der Waals surface area contributed by atoms with Crippen molar-refractivity contribution in [3.8, 4) is 0 Å². The van der Waals surface area contributed by atoms with Crippen LogP contribution in [0.5, 0.6) is 0 Å². The number of hydrogen-bond acceptors (Lipinski definition) is 3. The van der Waals surface area contributed by atoms with Gasteiger partial charge in [-0.2, -0.15) is 0 Å². The van der Waals surface area contributed by atoms with Crippen LogP contribution in [-0.2, 0) is 0 Å². The molecule has 1 aromatic rings. The van der Waals surface area contributed by atoms with Gasteiger partial charge in [0.25, 0.3) is 0 Å². The minimum atomic E-state index is -0.174. The van der Waals surface area contributed by atoms with E-state index in [-0.39, 0.29) is 11.9 Å². The fourth-order valence-electron chi connectivity index (χ4n) is 1.62. The van der Waals surface area contributed by atoms with Crippen molar-refractivity contribution in [2.75, 3.05) is 20.6 Å². The lowest BCUT2D eigenvalue weighted by Gasteiger charge is -2.19. The molecule has 1 unspecified atom stereocenters. The van der Waals surface area contributed by atoms with Crippen molar-refractivity contribution in [3.05, 3.63) is 35.1 Å². The van der Waals surface area contributed by atoms with Crippen LogP contribution in [0.2, 0.25) is 0 Å². The Morgan fingerprint density at radius 2 is 2.12 bits per heavy atom. The van der Waals surface area contributed by atoms with Crippen LogP contribution in [0.1, 0.15) is 23.6 Å². The zero-order valence-electron chi connectivity index (χ0n) is 10.1. The van der Waals surface area contributed by atoms with Crippen LogP contribution in [0, 0.1) is 12.7 Å². The van der Waals surface area contributed by atoms with Gasteiger partial charge in [0, 0.05) is 6.04 Å². The first-order valence-corrected chi connectivity index (χ1v) is 5.41. The number of nitrogens with one attached hydrogen (secondary N) is 1. The Labute approximate surface area is 96.4 Å². The van der Waals surface area contributed by atoms with Gasteiger partial charge in [0.2, 0.25) is 0 Å². The molecule has 1 aromatic carbocycles. The molecule has 0 spiro atoms. The first-order valence-electron chi connectivity index (χ1n) is 5.41. The number of rotatable bonds is 5. The highest BCUT2D eigenvalue weighted by Gasteiger charge is 2.11. The maximum Gasteiger partial charge on any atom is 0.126 e. The maximum absolute atomic E-state index is 13.1. The second-order valence-electron chi connectivity index (χ2n) is 4.32. The molecule has 0 aliphatic heterocycles. The summed E-state index contributed by atoms with van der Waals surface area (Å²) in [6.45, 7) is 2.70. The summed E-state index contributed by atoms with van der Waals surface area (Å²) in [4.78, 5) is 2.10. The predicted octanol–water partition coefficient (Wildman–Crippen LogP) is 1.59. The molecule has 1 rings (SSSR count). The highest BCUT2D eigenvalue weighted by atomic mass is 19.1. The fraction of sp³-hybridized carbons (Fsp3) is 0.500. The Kier molecular flexibility index (Phi) is 4.86. The molecule has 0 aliphatic rings. The number of nitrogens with zero attached hydrogens (tertiary/aromatic N) is 1. The van der Waals surface area contributed by atoms with Gasteiger partial charge < -0.3 is 4.90 Å². The normalized spacial score (nSPS) is 13.1. The summed E-state index contributed by atoms with van der Waals surface area (Å²) in [5.41, 5.74) is 4.46. The zero-order chi connectivity index (χ0) is 12.1. The second kappa shape index (κ2) is 5.94. The van der Waals surface area contributed by atoms with Crippen LogP contribution in [0.3, 0.4) is 0 Å². The van der Waals surface area contributed by atoms with E-state index in [0.717, 1.165) is 18.5 Å². The van der Waals surface area contributed by atoms with E-state index in [1.54, 1.807) is 13.0 Å². The van der Waals surface area contributed by atoms with E-state index >= 15 is 0 Å². The van der Waals surface area contributed by atoms with E-state index in [2.05, 4.69) is 10.3 Å². The van der Waals surface area contributed by atoms with Gasteiger partial charge in [0.1, 0.15) is 5.82 Å². The average Bonchev–Trinajstić information content (AvgIpc) is 2.23. The van der Waals surface area contributed by atoms with Gasteiger partial charge in [-0.15, -0.1) is 0 Å². The van der Waals surface area contributed by atoms with Crippen LogP contribution < -0.4 is 11.3 Å². The van der Waals surface area contributed by atoms with Crippen molar-refractivity contribution >= 4 is 0 Å². The molecule has 3 nitrogen and oxygen atoms in total. The minimum absolute atomic E-state index is 0.0710. The van der Waals surface area contributed by atoms with Gasteiger partial charge in [0.05, 0.1) is 0 Å². The first-order chi connectivity index (χ1) is 7.54. The Morgan fingerprint density at radius 1 is 1.44 bits per heavy atom. The van der Waals surface area contributed by atoms with E-state index in [4.69, 9.17) is 5.84 Å². The van der Waals surface area contributed by atoms with Crippen LogP contribution in [-0.4, -0.2) is 25.5 Å². The van der Waals surface area contributed by atoms with Crippen molar-refractivity contribution in [3.63, 3.8) is 0 Å². The third-order valence-corrected chi connectivity index (χ3v) is 2.65. The zero-order valence-corrected chi connectivity index (χ0v) is 10.1. The monoisotopic (exact) mass is 225 g/mol. The van der Waals surface area contributed by atoms with E-state index < -0.39 is 0 Å². The van der Waals surface area contributed by atoms with Gasteiger partial charge in [0.15, 0.2) is 0 Å². The standard InChI is InChI=1S/C12H20FN3/c1-9-8-10(4-5-11(9)13)12(15-14)6-7-16(2)3/h4-5,8,12,15H,6-7,14H2,1-3H3. The summed E-state index contributed by atoms with van der Waals surface area (Å²) in [6.07, 6.45) is 0.897. The first kappa shape index (κ1) is 13.1. The molecule has 0 aromatic heterocycles. The molecule has 0 fully saturated rings. The predicted molar refractivity (Wildman–Crippen MR) is 64.4 cm³/mol. The van der Waals surface area contributed by atoms with Gasteiger partial charge in [-0.25, -0.2) is 4.39 Å². The largest absolute Gasteiger partial charge is 0.309 e. The average molecular weight is 225 g/mol. The van der Waals surface area contributed by atoms with Gasteiger partial charge >= 0.3 is 0 Å². The molecule has 0 saturated heterocycles. The van der Waals surface area contributed by atoms with Crippen LogP contribution in [0.15, 0.2) is 18.2 Å². The Morgan fingerprint density at radius 3 is 2.62 bits per heavy atom. The summed E-state index contributed by atoms with van der Waals surface area (Å²) < 4.78 is 13.1. The van der Waals surface area contributed by atoms with E-state index in [9.17, 15) is 4.39 Å². The molecular weight excluding hydrogens is 205 g/mol. The topological polar surface area (TPSA) is 41.3 Å². The molecule has 0 heterocycles. The van der Waals surface area contributed by atoms with Crippen molar-refractivity contribution in [2.24, 2.45) is 5.84 Å². The van der Waals surface area contributed by atoms with Crippen molar-refractivity contribution in [1.29, 1.82) is 0 Å². The summed E-state index contributed by atoms with van der Waals surface area (Å²) >= 11 is 0. The van der Waals surface area contributed by atoms with Crippen LogP contribution in [0.25, 0.3) is 0 Å². The number of hydrazine groups is 1. The molecule has 3 N–H and O–H groups in total. The molecular formula is C12H20FN3.